The monoisotopic (exact) mass is 240 g/mol. The van der Waals surface area contributed by atoms with E-state index in [1.165, 1.54) is 6.08 Å². The third-order valence-electron chi connectivity index (χ3n) is 2.90. The molecule has 0 aromatic heterocycles. The average molecular weight is 240 g/mol. The van der Waals surface area contributed by atoms with E-state index in [1.807, 2.05) is 0 Å². The number of hydrogen-bond acceptors (Lipinski definition) is 3. The highest BCUT2D eigenvalue weighted by Gasteiger charge is 2.28. The molecular formula is C13H20O4. The molecule has 0 radical (unpaired) electrons. The highest BCUT2D eigenvalue weighted by atomic mass is 16.5. The second kappa shape index (κ2) is 6.57. The minimum Gasteiger partial charge on any atom is -0.478 e. The fraction of sp³-hybridized carbons (Fsp3) is 0.615. The van der Waals surface area contributed by atoms with Gasteiger partial charge in [0.2, 0.25) is 0 Å². The zero-order valence-corrected chi connectivity index (χ0v) is 10.3. The van der Waals surface area contributed by atoms with E-state index >= 15 is 0 Å². The average Bonchev–Trinajstić information content (AvgIpc) is 2.74. The molecule has 4 heteroatoms. The van der Waals surface area contributed by atoms with Crippen LogP contribution in [0, 0.1) is 0 Å². The Balaban J connectivity index is 2.50. The topological polar surface area (TPSA) is 66.8 Å². The lowest BCUT2D eigenvalue weighted by molar-refractivity contribution is -0.131. The van der Waals surface area contributed by atoms with Gasteiger partial charge in [-0.15, -0.1) is 0 Å². The molecule has 4 nitrogen and oxygen atoms in total. The van der Waals surface area contributed by atoms with Crippen LogP contribution in [0.25, 0.3) is 0 Å². The summed E-state index contributed by atoms with van der Waals surface area (Å²) in [5, 5.41) is 18.4. The molecule has 1 rings (SSSR count). The van der Waals surface area contributed by atoms with Crippen LogP contribution >= 0.6 is 0 Å². The number of carboxylic acids is 1. The van der Waals surface area contributed by atoms with Gasteiger partial charge in [0.05, 0.1) is 18.3 Å². The Labute approximate surface area is 102 Å². The van der Waals surface area contributed by atoms with E-state index in [0.717, 1.165) is 30.9 Å². The SMILES string of the molecule is CC[C@@H]1CC[C@@H]([C@H](O)/C=C(C)/C=C/C(=O)O)O1. The molecule has 0 aliphatic carbocycles. The molecule has 96 valence electrons. The minimum absolute atomic E-state index is 0.159. The predicted octanol–water partition coefficient (Wildman–Crippen LogP) is 1.89. The highest BCUT2D eigenvalue weighted by Crippen LogP contribution is 2.25. The van der Waals surface area contributed by atoms with Crippen molar-refractivity contribution in [3.05, 3.63) is 23.8 Å². The Morgan fingerprint density at radius 1 is 1.47 bits per heavy atom. The zero-order chi connectivity index (χ0) is 12.8. The van der Waals surface area contributed by atoms with Crippen LogP contribution in [0.4, 0.5) is 0 Å². The molecule has 0 bridgehead atoms. The first-order chi connectivity index (χ1) is 8.02. The van der Waals surface area contributed by atoms with Crippen LogP contribution in [-0.4, -0.2) is 34.5 Å². The number of aliphatic hydroxyl groups is 1. The molecule has 3 atom stereocenters. The molecule has 1 aliphatic heterocycles. The van der Waals surface area contributed by atoms with Crippen molar-refractivity contribution in [2.45, 2.75) is 51.4 Å². The number of ether oxygens (including phenoxy) is 1. The van der Waals surface area contributed by atoms with E-state index in [9.17, 15) is 9.90 Å². The van der Waals surface area contributed by atoms with E-state index in [1.54, 1.807) is 13.0 Å². The van der Waals surface area contributed by atoms with Crippen molar-refractivity contribution in [3.8, 4) is 0 Å². The number of allylic oxidation sites excluding steroid dienone is 2. The van der Waals surface area contributed by atoms with Crippen LogP contribution in [-0.2, 0) is 9.53 Å². The van der Waals surface area contributed by atoms with Crippen LogP contribution in [0.3, 0.4) is 0 Å². The predicted molar refractivity (Wildman–Crippen MR) is 64.7 cm³/mol. The van der Waals surface area contributed by atoms with E-state index in [4.69, 9.17) is 9.84 Å². The lowest BCUT2D eigenvalue weighted by Crippen LogP contribution is -2.24. The molecule has 0 spiro atoms. The Kier molecular flexibility index (Phi) is 5.38. The fourth-order valence-corrected chi connectivity index (χ4v) is 1.92. The van der Waals surface area contributed by atoms with Crippen molar-refractivity contribution in [1.29, 1.82) is 0 Å². The first kappa shape index (κ1) is 13.9. The molecule has 1 aliphatic rings. The highest BCUT2D eigenvalue weighted by molar-refractivity contribution is 5.80. The maximum Gasteiger partial charge on any atom is 0.328 e. The van der Waals surface area contributed by atoms with Crippen LogP contribution in [0.2, 0.25) is 0 Å². The van der Waals surface area contributed by atoms with E-state index < -0.39 is 12.1 Å². The molecule has 2 N–H and O–H groups in total. The van der Waals surface area contributed by atoms with Crippen LogP contribution in [0.5, 0.6) is 0 Å². The van der Waals surface area contributed by atoms with Crippen LogP contribution < -0.4 is 0 Å². The fourth-order valence-electron chi connectivity index (χ4n) is 1.92. The van der Waals surface area contributed by atoms with Crippen LogP contribution in [0.15, 0.2) is 23.8 Å². The largest absolute Gasteiger partial charge is 0.478 e. The molecule has 17 heavy (non-hydrogen) atoms. The normalized spacial score (nSPS) is 27.6. The van der Waals surface area contributed by atoms with Gasteiger partial charge in [0.1, 0.15) is 0 Å². The van der Waals surface area contributed by atoms with Gasteiger partial charge in [-0.25, -0.2) is 4.79 Å². The lowest BCUT2D eigenvalue weighted by atomic mass is 10.1. The van der Waals surface area contributed by atoms with Crippen molar-refractivity contribution in [3.63, 3.8) is 0 Å². The number of carbonyl (C=O) groups is 1. The second-order valence-corrected chi connectivity index (χ2v) is 4.35. The Morgan fingerprint density at radius 2 is 2.18 bits per heavy atom. The molecule has 0 saturated carbocycles. The number of rotatable bonds is 5. The van der Waals surface area contributed by atoms with Crippen molar-refractivity contribution in [2.75, 3.05) is 0 Å². The van der Waals surface area contributed by atoms with Gasteiger partial charge in [-0.1, -0.05) is 24.6 Å². The molecule has 1 heterocycles. The van der Waals surface area contributed by atoms with Gasteiger partial charge in [0.25, 0.3) is 0 Å². The van der Waals surface area contributed by atoms with Gasteiger partial charge in [-0.2, -0.15) is 0 Å². The number of aliphatic hydroxyl groups excluding tert-OH is 1. The first-order valence-electron chi connectivity index (χ1n) is 5.96. The number of carboxylic acid groups (broad SMARTS) is 1. The zero-order valence-electron chi connectivity index (χ0n) is 10.3. The molecule has 1 saturated heterocycles. The Bertz CT molecular complexity index is 319. The van der Waals surface area contributed by atoms with Crippen molar-refractivity contribution in [1.82, 2.24) is 0 Å². The van der Waals surface area contributed by atoms with E-state index in [0.29, 0.717) is 0 Å². The third-order valence-corrected chi connectivity index (χ3v) is 2.90. The third kappa shape index (κ3) is 4.71. The van der Waals surface area contributed by atoms with Crippen molar-refractivity contribution >= 4 is 5.97 Å². The summed E-state index contributed by atoms with van der Waals surface area (Å²) < 4.78 is 5.66. The van der Waals surface area contributed by atoms with Gasteiger partial charge < -0.3 is 14.9 Å². The van der Waals surface area contributed by atoms with Gasteiger partial charge in [0, 0.05) is 6.08 Å². The van der Waals surface area contributed by atoms with E-state index in [2.05, 4.69) is 6.92 Å². The molecule has 0 amide bonds. The molecule has 0 aromatic carbocycles. The first-order valence-corrected chi connectivity index (χ1v) is 5.96. The number of hydrogen-bond donors (Lipinski definition) is 2. The van der Waals surface area contributed by atoms with Gasteiger partial charge in [-0.3, -0.25) is 0 Å². The summed E-state index contributed by atoms with van der Waals surface area (Å²) in [6, 6.07) is 0. The summed E-state index contributed by atoms with van der Waals surface area (Å²) >= 11 is 0. The Hall–Kier alpha value is -1.13. The van der Waals surface area contributed by atoms with Gasteiger partial charge in [-0.05, 0) is 26.2 Å². The standard InChI is InChI=1S/C13H20O4/c1-3-10-5-6-12(17-10)11(14)8-9(2)4-7-13(15)16/h4,7-8,10-12,14H,3,5-6H2,1-2H3,(H,15,16)/b7-4+,9-8+/t10-,11-,12+/m1/s1. The summed E-state index contributed by atoms with van der Waals surface area (Å²) in [6.07, 6.45) is 6.40. The van der Waals surface area contributed by atoms with Crippen LogP contribution in [0.1, 0.15) is 33.1 Å². The second-order valence-electron chi connectivity index (χ2n) is 4.35. The summed E-state index contributed by atoms with van der Waals surface area (Å²) in [5.74, 6) is -0.990. The molecule has 0 unspecified atom stereocenters. The molecule has 1 fully saturated rings. The van der Waals surface area contributed by atoms with E-state index in [-0.39, 0.29) is 12.2 Å². The lowest BCUT2D eigenvalue weighted by Gasteiger charge is -2.16. The summed E-state index contributed by atoms with van der Waals surface area (Å²) in [6.45, 7) is 3.82. The van der Waals surface area contributed by atoms with Gasteiger partial charge in [0.15, 0.2) is 0 Å². The molecule has 0 aromatic rings. The van der Waals surface area contributed by atoms with Crippen molar-refractivity contribution < 1.29 is 19.7 Å². The summed E-state index contributed by atoms with van der Waals surface area (Å²) in [4.78, 5) is 10.3. The smallest absolute Gasteiger partial charge is 0.328 e. The van der Waals surface area contributed by atoms with Crippen molar-refractivity contribution in [2.24, 2.45) is 0 Å². The Morgan fingerprint density at radius 3 is 2.71 bits per heavy atom. The maximum atomic E-state index is 10.3. The minimum atomic E-state index is -0.990. The quantitative estimate of drug-likeness (QED) is 0.569. The maximum absolute atomic E-state index is 10.3. The van der Waals surface area contributed by atoms with Gasteiger partial charge >= 0.3 is 5.97 Å². The molecular weight excluding hydrogens is 220 g/mol. The number of aliphatic carboxylic acids is 1. The summed E-state index contributed by atoms with van der Waals surface area (Å²) in [7, 11) is 0. The summed E-state index contributed by atoms with van der Waals surface area (Å²) in [5.41, 5.74) is 0.725.